The summed E-state index contributed by atoms with van der Waals surface area (Å²) in [5.41, 5.74) is 4.38. The van der Waals surface area contributed by atoms with Crippen molar-refractivity contribution in [3.05, 3.63) is 57.6 Å². The fourth-order valence-corrected chi connectivity index (χ4v) is 2.60. The van der Waals surface area contributed by atoms with E-state index in [-0.39, 0.29) is 23.2 Å². The van der Waals surface area contributed by atoms with E-state index in [0.717, 1.165) is 24.7 Å². The molecule has 0 radical (unpaired) electrons. The van der Waals surface area contributed by atoms with Crippen molar-refractivity contribution < 1.29 is 19.8 Å². The van der Waals surface area contributed by atoms with Crippen molar-refractivity contribution in [1.82, 2.24) is 0 Å². The fraction of sp³-hybridized carbons (Fsp3) is 0.571. The van der Waals surface area contributed by atoms with Crippen LogP contribution >= 0.6 is 0 Å². The van der Waals surface area contributed by atoms with Gasteiger partial charge in [0.2, 0.25) is 0 Å². The number of allylic oxidation sites excluding steroid dienone is 9. The van der Waals surface area contributed by atoms with Crippen LogP contribution in [0.3, 0.4) is 0 Å². The van der Waals surface area contributed by atoms with Gasteiger partial charge >= 0.3 is 0 Å². The highest BCUT2D eigenvalue weighted by Gasteiger charge is 2.15. The summed E-state index contributed by atoms with van der Waals surface area (Å²) in [4.78, 5) is 22.3. The normalized spacial score (nSPS) is 12.1. The molecule has 0 aromatic heterocycles. The van der Waals surface area contributed by atoms with E-state index in [1.807, 2.05) is 33.8 Å². The van der Waals surface area contributed by atoms with Crippen molar-refractivity contribution in [3.63, 3.8) is 0 Å². The van der Waals surface area contributed by atoms with Gasteiger partial charge in [0.15, 0.2) is 5.78 Å². The molecule has 0 aliphatic carbocycles. The number of hydrogen-bond donors (Lipinski definition) is 2. The zero-order valence-electron chi connectivity index (χ0n) is 22.0. The first-order chi connectivity index (χ1) is 14.7. The van der Waals surface area contributed by atoms with Gasteiger partial charge in [0.25, 0.3) is 0 Å². The number of carbonyl (C=O) groups is 2. The van der Waals surface area contributed by atoms with Crippen molar-refractivity contribution in [3.8, 4) is 0 Å². The lowest BCUT2D eigenvalue weighted by Gasteiger charge is -2.11. The Hall–Kier alpha value is -2.36. The summed E-state index contributed by atoms with van der Waals surface area (Å²) >= 11 is 0. The molecule has 4 nitrogen and oxygen atoms in total. The van der Waals surface area contributed by atoms with Gasteiger partial charge in [-0.05, 0) is 80.6 Å². The number of Topliss-reactive ketones (excluding diaryl/α,β-unsaturated/α-hetero) is 1. The van der Waals surface area contributed by atoms with Crippen LogP contribution in [0.15, 0.2) is 57.6 Å². The molecule has 0 spiro atoms. The average molecular weight is 447 g/mol. The van der Waals surface area contributed by atoms with Crippen LogP contribution < -0.4 is 0 Å². The number of aliphatic hydroxyl groups is 2. The summed E-state index contributed by atoms with van der Waals surface area (Å²) < 4.78 is 0. The van der Waals surface area contributed by atoms with E-state index in [1.54, 1.807) is 6.92 Å². The highest BCUT2D eigenvalue weighted by atomic mass is 16.3. The van der Waals surface area contributed by atoms with Gasteiger partial charge in [-0.25, -0.2) is 0 Å². The van der Waals surface area contributed by atoms with Gasteiger partial charge in [-0.3, -0.25) is 4.79 Å². The predicted molar refractivity (Wildman–Crippen MR) is 137 cm³/mol. The molecule has 0 aromatic carbocycles. The van der Waals surface area contributed by atoms with Gasteiger partial charge in [-0.15, -0.1) is 0 Å². The SMILES string of the molecule is CC(=O)/C(CC=C(C)C)=C(O)\C(C)=C(/O)CC(C)C.CC(C)=CCC(C=O)CC=C(C)C. The molecule has 2 N–H and O–H groups in total. The molecule has 0 saturated carbocycles. The minimum Gasteiger partial charge on any atom is -0.512 e. The summed E-state index contributed by atoms with van der Waals surface area (Å²) in [5, 5.41) is 20.1. The number of aliphatic hydroxyl groups excluding tert-OH is 2. The van der Waals surface area contributed by atoms with E-state index in [0.29, 0.717) is 29.9 Å². The fourth-order valence-electron chi connectivity index (χ4n) is 2.60. The zero-order valence-corrected chi connectivity index (χ0v) is 22.0. The smallest absolute Gasteiger partial charge is 0.159 e. The maximum Gasteiger partial charge on any atom is 0.159 e. The molecule has 0 aliphatic heterocycles. The number of hydrogen-bond acceptors (Lipinski definition) is 4. The lowest BCUT2D eigenvalue weighted by molar-refractivity contribution is -0.114. The highest BCUT2D eigenvalue weighted by molar-refractivity contribution is 5.94. The molecular formula is C28H46O4. The topological polar surface area (TPSA) is 74.6 Å². The molecule has 0 aromatic rings. The Labute approximate surface area is 196 Å². The monoisotopic (exact) mass is 446 g/mol. The number of rotatable bonds is 11. The summed E-state index contributed by atoms with van der Waals surface area (Å²) in [6.07, 6.45) is 9.80. The van der Waals surface area contributed by atoms with Gasteiger partial charge < -0.3 is 15.0 Å². The minimum absolute atomic E-state index is 0.0943. The highest BCUT2D eigenvalue weighted by Crippen LogP contribution is 2.22. The molecule has 0 amide bonds. The molecule has 0 atom stereocenters. The summed E-state index contributed by atoms with van der Waals surface area (Å²) in [6.45, 7) is 19.1. The molecule has 32 heavy (non-hydrogen) atoms. The van der Waals surface area contributed by atoms with Gasteiger partial charge in [-0.1, -0.05) is 48.8 Å². The molecule has 0 rings (SSSR count). The van der Waals surface area contributed by atoms with Crippen LogP contribution in [-0.4, -0.2) is 22.3 Å². The van der Waals surface area contributed by atoms with E-state index in [2.05, 4.69) is 39.8 Å². The Bertz CT molecular complexity index is 726. The predicted octanol–water partition coefficient (Wildman–Crippen LogP) is 8.14. The van der Waals surface area contributed by atoms with Crippen LogP contribution in [0.5, 0.6) is 0 Å². The van der Waals surface area contributed by atoms with Crippen LogP contribution in [0.2, 0.25) is 0 Å². The molecule has 4 heteroatoms. The molecule has 0 heterocycles. The van der Waals surface area contributed by atoms with Crippen LogP contribution in [0, 0.1) is 11.8 Å². The van der Waals surface area contributed by atoms with E-state index >= 15 is 0 Å². The van der Waals surface area contributed by atoms with E-state index in [1.165, 1.54) is 18.1 Å². The van der Waals surface area contributed by atoms with Gasteiger partial charge in [0.1, 0.15) is 12.0 Å². The van der Waals surface area contributed by atoms with Crippen LogP contribution in [0.4, 0.5) is 0 Å². The third-order valence-electron chi connectivity index (χ3n) is 4.67. The van der Waals surface area contributed by atoms with Crippen molar-refractivity contribution in [2.75, 3.05) is 0 Å². The Morgan fingerprint density at radius 1 is 0.781 bits per heavy atom. The third-order valence-corrected chi connectivity index (χ3v) is 4.67. The van der Waals surface area contributed by atoms with Crippen molar-refractivity contribution >= 4 is 12.1 Å². The Morgan fingerprint density at radius 3 is 1.53 bits per heavy atom. The van der Waals surface area contributed by atoms with Gasteiger partial charge in [0.05, 0.1) is 5.76 Å². The number of carbonyl (C=O) groups excluding carboxylic acids is 2. The average Bonchev–Trinajstić information content (AvgIpc) is 2.66. The largest absolute Gasteiger partial charge is 0.512 e. The minimum atomic E-state index is -0.174. The quantitative estimate of drug-likeness (QED) is 0.110. The molecule has 0 aliphatic rings. The Morgan fingerprint density at radius 2 is 1.22 bits per heavy atom. The van der Waals surface area contributed by atoms with Crippen molar-refractivity contribution in [2.45, 2.75) is 94.9 Å². The second-order valence-corrected chi connectivity index (χ2v) is 9.47. The van der Waals surface area contributed by atoms with E-state index in [9.17, 15) is 19.8 Å². The van der Waals surface area contributed by atoms with Crippen molar-refractivity contribution in [1.29, 1.82) is 0 Å². The second kappa shape index (κ2) is 17.2. The molecule has 0 bridgehead atoms. The van der Waals surface area contributed by atoms with Crippen LogP contribution in [0.25, 0.3) is 0 Å². The number of aldehydes is 1. The molecule has 0 unspecified atom stereocenters. The van der Waals surface area contributed by atoms with E-state index < -0.39 is 0 Å². The maximum atomic E-state index is 11.6. The van der Waals surface area contributed by atoms with Crippen molar-refractivity contribution in [2.24, 2.45) is 11.8 Å². The van der Waals surface area contributed by atoms with E-state index in [4.69, 9.17) is 0 Å². The maximum absolute atomic E-state index is 11.6. The molecular weight excluding hydrogens is 400 g/mol. The first-order valence-corrected chi connectivity index (χ1v) is 11.4. The van der Waals surface area contributed by atoms with Crippen LogP contribution in [-0.2, 0) is 9.59 Å². The summed E-state index contributed by atoms with van der Waals surface area (Å²) in [6, 6.07) is 0. The molecule has 0 fully saturated rings. The zero-order chi connectivity index (χ0) is 25.4. The number of ketones is 1. The third kappa shape index (κ3) is 16.3. The van der Waals surface area contributed by atoms with Crippen LogP contribution in [0.1, 0.15) is 94.9 Å². The summed E-state index contributed by atoms with van der Waals surface area (Å²) in [5.74, 6) is 0.324. The van der Waals surface area contributed by atoms with Gasteiger partial charge in [-0.2, -0.15) is 0 Å². The Kier molecular flexibility index (Phi) is 17.1. The summed E-state index contributed by atoms with van der Waals surface area (Å²) in [7, 11) is 0. The Balaban J connectivity index is 0. The molecule has 182 valence electrons. The second-order valence-electron chi connectivity index (χ2n) is 9.47. The lowest BCUT2D eigenvalue weighted by atomic mass is 9.99. The first-order valence-electron chi connectivity index (χ1n) is 11.4. The standard InChI is InChI=1S/C16H26O3.C12H20O/c1-10(2)7-8-14(13(6)17)16(19)12(5)15(18)9-11(3)4;1-10(2)5-7-12(9-13)8-6-11(3)4/h7,11,18-19H,8-9H2,1-6H3;5-6,9,12H,7-8H2,1-4H3/b15-12-,16-14+;. The lowest BCUT2D eigenvalue weighted by Crippen LogP contribution is -2.05. The first kappa shape index (κ1) is 31.8. The molecule has 0 saturated heterocycles. The van der Waals surface area contributed by atoms with Gasteiger partial charge in [0, 0.05) is 23.5 Å².